The first-order chi connectivity index (χ1) is 8.71. The quantitative estimate of drug-likeness (QED) is 0.742. The van der Waals surface area contributed by atoms with Gasteiger partial charge < -0.3 is 9.26 Å². The Balaban J connectivity index is 2.99. The van der Waals surface area contributed by atoms with E-state index in [-0.39, 0.29) is 17.2 Å². The fraction of sp³-hybridized carbons (Fsp3) is 0.636. The van der Waals surface area contributed by atoms with Gasteiger partial charge in [-0.1, -0.05) is 12.1 Å². The highest BCUT2D eigenvalue weighted by molar-refractivity contribution is 7.89. The first kappa shape index (κ1) is 15.6. The number of ether oxygens (including phenoxy) is 1. The topological polar surface area (TPSA) is 89.7 Å². The van der Waals surface area contributed by atoms with Crippen LogP contribution in [-0.4, -0.2) is 44.6 Å². The zero-order valence-corrected chi connectivity index (χ0v) is 12.4. The van der Waals surface area contributed by atoms with Crippen molar-refractivity contribution >= 4 is 16.0 Å². The van der Waals surface area contributed by atoms with E-state index in [1.165, 1.54) is 21.1 Å². The van der Waals surface area contributed by atoms with Gasteiger partial charge >= 0.3 is 5.97 Å². The third-order valence-electron chi connectivity index (χ3n) is 2.77. The van der Waals surface area contributed by atoms with Crippen LogP contribution in [-0.2, 0) is 19.6 Å². The van der Waals surface area contributed by atoms with Crippen molar-refractivity contribution in [2.45, 2.75) is 25.7 Å². The molecule has 0 saturated heterocycles. The van der Waals surface area contributed by atoms with Crippen molar-refractivity contribution < 1.29 is 22.5 Å². The third kappa shape index (κ3) is 3.13. The molecule has 1 rings (SSSR count). The van der Waals surface area contributed by atoms with Gasteiger partial charge in [-0.3, -0.25) is 4.79 Å². The molecule has 0 unspecified atom stereocenters. The first-order valence-electron chi connectivity index (χ1n) is 5.68. The molecule has 0 aliphatic heterocycles. The summed E-state index contributed by atoms with van der Waals surface area (Å²) in [6.07, 6.45) is 0. The molecule has 1 aromatic rings. The molecule has 0 saturated carbocycles. The van der Waals surface area contributed by atoms with E-state index in [0.717, 1.165) is 4.31 Å². The maximum absolute atomic E-state index is 12.4. The average Bonchev–Trinajstić information content (AvgIpc) is 2.68. The molecule has 1 aromatic heterocycles. The van der Waals surface area contributed by atoms with Crippen LogP contribution in [0.5, 0.6) is 0 Å². The van der Waals surface area contributed by atoms with E-state index in [9.17, 15) is 13.2 Å². The van der Waals surface area contributed by atoms with Crippen LogP contribution in [0.1, 0.15) is 18.4 Å². The zero-order valence-electron chi connectivity index (χ0n) is 11.6. The highest BCUT2D eigenvalue weighted by Gasteiger charge is 2.30. The maximum Gasteiger partial charge on any atom is 0.309 e. The number of aromatic nitrogens is 1. The van der Waals surface area contributed by atoms with E-state index < -0.39 is 21.9 Å². The number of rotatable bonds is 5. The Morgan fingerprint density at radius 2 is 2.05 bits per heavy atom. The minimum Gasteiger partial charge on any atom is -0.469 e. The highest BCUT2D eigenvalue weighted by Crippen LogP contribution is 2.22. The number of hydrogen-bond donors (Lipinski definition) is 0. The second-order valence-electron chi connectivity index (χ2n) is 4.36. The number of carbonyl (C=O) groups excluding carboxylic acids is 1. The van der Waals surface area contributed by atoms with Gasteiger partial charge in [-0.2, -0.15) is 4.31 Å². The van der Waals surface area contributed by atoms with Gasteiger partial charge in [0.25, 0.3) is 0 Å². The van der Waals surface area contributed by atoms with Crippen molar-refractivity contribution in [1.82, 2.24) is 9.46 Å². The molecular formula is C11H18N2O5S. The lowest BCUT2D eigenvalue weighted by atomic mass is 10.2. The van der Waals surface area contributed by atoms with Crippen LogP contribution in [0.15, 0.2) is 9.42 Å². The molecule has 0 fully saturated rings. The molecular weight excluding hydrogens is 272 g/mol. The molecule has 108 valence electrons. The van der Waals surface area contributed by atoms with Crippen molar-refractivity contribution in [3.8, 4) is 0 Å². The smallest absolute Gasteiger partial charge is 0.309 e. The number of sulfonamides is 1. The molecule has 0 N–H and O–H groups in total. The molecule has 1 heterocycles. The third-order valence-corrected chi connectivity index (χ3v) is 4.84. The average molecular weight is 290 g/mol. The second kappa shape index (κ2) is 5.70. The number of aryl methyl sites for hydroxylation is 2. The minimum atomic E-state index is -3.72. The fourth-order valence-corrected chi connectivity index (χ4v) is 3.30. The number of nitrogens with zero attached hydrogens (tertiary/aromatic N) is 2. The minimum absolute atomic E-state index is 0.0269. The van der Waals surface area contributed by atoms with Crippen molar-refractivity contribution in [1.29, 1.82) is 0 Å². The van der Waals surface area contributed by atoms with Gasteiger partial charge in [0, 0.05) is 13.6 Å². The van der Waals surface area contributed by atoms with Gasteiger partial charge in [-0.25, -0.2) is 8.42 Å². The predicted octanol–water partition coefficient (Wildman–Crippen LogP) is 0.721. The number of carbonyl (C=O) groups is 1. The fourth-order valence-electron chi connectivity index (χ4n) is 1.76. The molecule has 7 nitrogen and oxygen atoms in total. The van der Waals surface area contributed by atoms with Crippen molar-refractivity contribution in [2.24, 2.45) is 5.92 Å². The molecule has 0 radical (unpaired) electrons. The summed E-state index contributed by atoms with van der Waals surface area (Å²) in [4.78, 5) is 11.4. The van der Waals surface area contributed by atoms with Crippen molar-refractivity contribution in [3.63, 3.8) is 0 Å². The van der Waals surface area contributed by atoms with E-state index in [1.807, 2.05) is 0 Å². The first-order valence-corrected chi connectivity index (χ1v) is 7.12. The summed E-state index contributed by atoms with van der Waals surface area (Å²) in [5.41, 5.74) is 0.301. The Bertz CT molecular complexity index is 544. The monoisotopic (exact) mass is 290 g/mol. The van der Waals surface area contributed by atoms with Crippen LogP contribution in [0.25, 0.3) is 0 Å². The Morgan fingerprint density at radius 1 is 1.47 bits per heavy atom. The summed E-state index contributed by atoms with van der Waals surface area (Å²) in [7, 11) is -1.06. The summed E-state index contributed by atoms with van der Waals surface area (Å²) in [5.74, 6) is -0.777. The highest BCUT2D eigenvalue weighted by atomic mass is 32.2. The summed E-state index contributed by atoms with van der Waals surface area (Å²) in [6, 6.07) is 0. The number of hydrogen-bond acceptors (Lipinski definition) is 6. The van der Waals surface area contributed by atoms with Gasteiger partial charge in [0.05, 0.1) is 13.0 Å². The Morgan fingerprint density at radius 3 is 2.47 bits per heavy atom. The summed E-state index contributed by atoms with van der Waals surface area (Å²) >= 11 is 0. The molecule has 19 heavy (non-hydrogen) atoms. The van der Waals surface area contributed by atoms with Gasteiger partial charge in [0.1, 0.15) is 10.6 Å². The van der Waals surface area contributed by atoms with Gasteiger partial charge in [0.15, 0.2) is 5.76 Å². The lowest BCUT2D eigenvalue weighted by Gasteiger charge is -2.19. The van der Waals surface area contributed by atoms with E-state index in [2.05, 4.69) is 9.89 Å². The predicted molar refractivity (Wildman–Crippen MR) is 67.0 cm³/mol. The number of esters is 1. The standard InChI is InChI=1S/C11H18N2O5S/c1-7(11(14)17-5)6-13(4)19(15,16)10-8(2)12-18-9(10)3/h7H,6H2,1-5H3/t7-/m1/s1. The largest absolute Gasteiger partial charge is 0.469 e. The SMILES string of the molecule is COC(=O)[C@H](C)CN(C)S(=O)(=O)c1c(C)noc1C. The number of methoxy groups -OCH3 is 1. The van der Waals surface area contributed by atoms with E-state index >= 15 is 0 Å². The van der Waals surface area contributed by atoms with Crippen molar-refractivity contribution in [3.05, 3.63) is 11.5 Å². The molecule has 0 amide bonds. The van der Waals surface area contributed by atoms with Gasteiger partial charge in [0.2, 0.25) is 10.0 Å². The van der Waals surface area contributed by atoms with Crippen LogP contribution < -0.4 is 0 Å². The molecule has 0 spiro atoms. The van der Waals surface area contributed by atoms with E-state index in [4.69, 9.17) is 4.52 Å². The lowest BCUT2D eigenvalue weighted by Crippen LogP contribution is -2.34. The summed E-state index contributed by atoms with van der Waals surface area (Å²) < 4.78 is 35.2. The van der Waals surface area contributed by atoms with E-state index in [0.29, 0.717) is 5.69 Å². The maximum atomic E-state index is 12.4. The Labute approximate surface area is 112 Å². The van der Waals surface area contributed by atoms with Crippen molar-refractivity contribution in [2.75, 3.05) is 20.7 Å². The van der Waals surface area contributed by atoms with Crippen LogP contribution in [0.3, 0.4) is 0 Å². The van der Waals surface area contributed by atoms with E-state index in [1.54, 1.807) is 13.8 Å². The lowest BCUT2D eigenvalue weighted by molar-refractivity contribution is -0.144. The van der Waals surface area contributed by atoms with Crippen LogP contribution >= 0.6 is 0 Å². The summed E-state index contributed by atoms with van der Waals surface area (Å²) in [6.45, 7) is 4.72. The second-order valence-corrected chi connectivity index (χ2v) is 6.34. The normalized spacial score (nSPS) is 13.6. The zero-order chi connectivity index (χ0) is 14.8. The van der Waals surface area contributed by atoms with Gasteiger partial charge in [-0.05, 0) is 13.8 Å². The molecule has 0 aromatic carbocycles. The summed E-state index contributed by atoms with van der Waals surface area (Å²) in [5, 5.41) is 3.62. The Hall–Kier alpha value is -1.41. The van der Waals surface area contributed by atoms with Gasteiger partial charge in [-0.15, -0.1) is 0 Å². The molecule has 0 aliphatic rings. The molecule has 0 aliphatic carbocycles. The van der Waals surface area contributed by atoms with Crippen LogP contribution in [0.4, 0.5) is 0 Å². The Kier molecular flexibility index (Phi) is 4.70. The molecule has 8 heteroatoms. The molecule has 0 bridgehead atoms. The van der Waals surface area contributed by atoms with Crippen LogP contribution in [0, 0.1) is 19.8 Å². The molecule has 1 atom stereocenters. The van der Waals surface area contributed by atoms with Crippen LogP contribution in [0.2, 0.25) is 0 Å².